The van der Waals surface area contributed by atoms with Gasteiger partial charge in [0.25, 0.3) is 0 Å². The van der Waals surface area contributed by atoms with Gasteiger partial charge in [-0.25, -0.2) is 0 Å². The van der Waals surface area contributed by atoms with Gasteiger partial charge in [-0.2, -0.15) is 0 Å². The molecule has 0 radical (unpaired) electrons. The molecule has 0 saturated carbocycles. The van der Waals surface area contributed by atoms with E-state index in [1.165, 1.54) is 0 Å². The van der Waals surface area contributed by atoms with E-state index in [4.69, 9.17) is 13.9 Å². The van der Waals surface area contributed by atoms with E-state index in [9.17, 15) is 0 Å². The molecule has 1 aromatic carbocycles. The molecule has 2 aromatic rings. The highest BCUT2D eigenvalue weighted by Crippen LogP contribution is 2.28. The minimum atomic E-state index is 0.476. The first-order valence-corrected chi connectivity index (χ1v) is 7.64. The molecule has 0 bridgehead atoms. The fraction of sp³-hybridized carbons (Fsp3) is 0.529. The van der Waals surface area contributed by atoms with Crippen molar-refractivity contribution in [2.24, 2.45) is 5.92 Å². The molecule has 4 heteroatoms. The van der Waals surface area contributed by atoms with E-state index in [0.717, 1.165) is 55.1 Å². The minimum Gasteiger partial charge on any atom is -0.493 e. The molecule has 3 rings (SSSR count). The van der Waals surface area contributed by atoms with E-state index in [2.05, 4.69) is 18.3 Å². The summed E-state index contributed by atoms with van der Waals surface area (Å²) in [4.78, 5) is 0. The third-order valence-corrected chi connectivity index (χ3v) is 4.35. The topological polar surface area (TPSA) is 43.6 Å². The second-order valence-electron chi connectivity index (χ2n) is 5.71. The molecule has 1 aromatic heterocycles. The summed E-state index contributed by atoms with van der Waals surface area (Å²) >= 11 is 0. The van der Waals surface area contributed by atoms with Crippen molar-refractivity contribution in [1.82, 2.24) is 5.32 Å². The van der Waals surface area contributed by atoms with E-state index in [-0.39, 0.29) is 0 Å². The van der Waals surface area contributed by atoms with Gasteiger partial charge in [-0.3, -0.25) is 0 Å². The maximum absolute atomic E-state index is 5.92. The van der Waals surface area contributed by atoms with Crippen LogP contribution in [0.5, 0.6) is 5.75 Å². The van der Waals surface area contributed by atoms with Crippen molar-refractivity contribution >= 4 is 11.0 Å². The lowest BCUT2D eigenvalue weighted by Crippen LogP contribution is -2.36. The van der Waals surface area contributed by atoms with Crippen molar-refractivity contribution in [2.45, 2.75) is 32.4 Å². The summed E-state index contributed by atoms with van der Waals surface area (Å²) in [6, 6.07) is 8.52. The molecule has 1 saturated heterocycles. The van der Waals surface area contributed by atoms with Gasteiger partial charge in [-0.15, -0.1) is 0 Å². The molecule has 1 atom stereocenters. The average Bonchev–Trinajstić information content (AvgIpc) is 2.96. The predicted octanol–water partition coefficient (Wildman–Crippen LogP) is 3.35. The van der Waals surface area contributed by atoms with E-state index in [1.807, 2.05) is 18.2 Å². The van der Waals surface area contributed by atoms with Crippen molar-refractivity contribution in [2.75, 3.05) is 20.3 Å². The van der Waals surface area contributed by atoms with Crippen molar-refractivity contribution in [3.8, 4) is 5.75 Å². The molecule has 4 nitrogen and oxygen atoms in total. The molecule has 0 amide bonds. The van der Waals surface area contributed by atoms with Gasteiger partial charge in [0.05, 0.1) is 13.7 Å². The number of benzene rings is 1. The molecule has 0 spiro atoms. The molecule has 1 aliphatic rings. The van der Waals surface area contributed by atoms with Crippen molar-refractivity contribution in [3.63, 3.8) is 0 Å². The zero-order valence-corrected chi connectivity index (χ0v) is 12.7. The Morgan fingerprint density at radius 1 is 1.33 bits per heavy atom. The first-order valence-electron chi connectivity index (χ1n) is 7.64. The minimum absolute atomic E-state index is 0.476. The Kier molecular flexibility index (Phi) is 4.46. The molecular formula is C17H23NO3. The summed E-state index contributed by atoms with van der Waals surface area (Å²) in [5.41, 5.74) is 0.829. The highest BCUT2D eigenvalue weighted by Gasteiger charge is 2.20. The molecule has 1 fully saturated rings. The SMILES string of the molecule is COc1cccc2cc(CNC(C)C3CCOCC3)oc12. The van der Waals surface area contributed by atoms with E-state index >= 15 is 0 Å². The van der Waals surface area contributed by atoms with Crippen LogP contribution in [0.15, 0.2) is 28.7 Å². The molecule has 1 aliphatic heterocycles. The summed E-state index contributed by atoms with van der Waals surface area (Å²) in [6.45, 7) is 4.77. The molecule has 2 heterocycles. The lowest BCUT2D eigenvalue weighted by atomic mass is 9.93. The van der Waals surface area contributed by atoms with Gasteiger partial charge >= 0.3 is 0 Å². The number of hydrogen-bond donors (Lipinski definition) is 1. The summed E-state index contributed by atoms with van der Waals surface area (Å²) in [7, 11) is 1.67. The zero-order chi connectivity index (χ0) is 14.7. The van der Waals surface area contributed by atoms with Crippen LogP contribution in [0, 0.1) is 5.92 Å². The van der Waals surface area contributed by atoms with Crippen LogP contribution in [0.25, 0.3) is 11.0 Å². The molecule has 1 unspecified atom stereocenters. The first-order chi connectivity index (χ1) is 10.3. The molecule has 114 valence electrons. The maximum atomic E-state index is 5.92. The number of hydrogen-bond acceptors (Lipinski definition) is 4. The van der Waals surface area contributed by atoms with Gasteiger partial charge in [0.2, 0.25) is 0 Å². The Morgan fingerprint density at radius 2 is 2.14 bits per heavy atom. The number of nitrogens with one attached hydrogen (secondary N) is 1. The Morgan fingerprint density at radius 3 is 2.90 bits per heavy atom. The number of para-hydroxylation sites is 1. The summed E-state index contributed by atoms with van der Waals surface area (Å²) in [5, 5.41) is 4.66. The largest absolute Gasteiger partial charge is 0.493 e. The van der Waals surface area contributed by atoms with Crippen molar-refractivity contribution in [1.29, 1.82) is 0 Å². The standard InChI is InChI=1S/C17H23NO3/c1-12(13-6-8-20-9-7-13)18-11-15-10-14-4-3-5-16(19-2)17(14)21-15/h3-5,10,12-13,18H,6-9,11H2,1-2H3. The van der Waals surface area contributed by atoms with Crippen LogP contribution in [0.4, 0.5) is 0 Å². The third kappa shape index (κ3) is 3.22. The van der Waals surface area contributed by atoms with E-state index < -0.39 is 0 Å². The van der Waals surface area contributed by atoms with Gasteiger partial charge in [0, 0.05) is 24.6 Å². The Hall–Kier alpha value is -1.52. The lowest BCUT2D eigenvalue weighted by Gasteiger charge is -2.28. The van der Waals surface area contributed by atoms with Crippen molar-refractivity contribution < 1.29 is 13.9 Å². The van der Waals surface area contributed by atoms with E-state index in [0.29, 0.717) is 12.0 Å². The monoisotopic (exact) mass is 289 g/mol. The van der Waals surface area contributed by atoms with Crippen LogP contribution in [0.3, 0.4) is 0 Å². The van der Waals surface area contributed by atoms with Crippen LogP contribution in [0.2, 0.25) is 0 Å². The second kappa shape index (κ2) is 6.50. The van der Waals surface area contributed by atoms with Gasteiger partial charge in [-0.1, -0.05) is 12.1 Å². The normalized spacial score (nSPS) is 18.0. The van der Waals surface area contributed by atoms with Crippen LogP contribution in [-0.4, -0.2) is 26.4 Å². The first kappa shape index (κ1) is 14.4. The Labute approximate surface area is 125 Å². The predicted molar refractivity (Wildman–Crippen MR) is 82.6 cm³/mol. The summed E-state index contributed by atoms with van der Waals surface area (Å²) in [5.74, 6) is 2.43. The van der Waals surface area contributed by atoms with Crippen LogP contribution < -0.4 is 10.1 Å². The molecule has 21 heavy (non-hydrogen) atoms. The number of ether oxygens (including phenoxy) is 2. The van der Waals surface area contributed by atoms with Gasteiger partial charge in [-0.05, 0) is 37.8 Å². The highest BCUT2D eigenvalue weighted by molar-refractivity contribution is 5.83. The number of furan rings is 1. The quantitative estimate of drug-likeness (QED) is 0.916. The smallest absolute Gasteiger partial charge is 0.176 e. The number of rotatable bonds is 5. The Bertz CT molecular complexity index is 587. The Balaban J connectivity index is 1.65. The molecule has 1 N–H and O–H groups in total. The maximum Gasteiger partial charge on any atom is 0.176 e. The van der Waals surface area contributed by atoms with Crippen molar-refractivity contribution in [3.05, 3.63) is 30.0 Å². The van der Waals surface area contributed by atoms with Crippen LogP contribution in [-0.2, 0) is 11.3 Å². The average molecular weight is 289 g/mol. The fourth-order valence-electron chi connectivity index (χ4n) is 2.98. The molecule has 0 aliphatic carbocycles. The fourth-order valence-corrected chi connectivity index (χ4v) is 2.98. The van der Waals surface area contributed by atoms with Gasteiger partial charge < -0.3 is 19.2 Å². The number of fused-ring (bicyclic) bond motifs is 1. The highest BCUT2D eigenvalue weighted by atomic mass is 16.5. The summed E-state index contributed by atoms with van der Waals surface area (Å²) < 4.78 is 16.7. The second-order valence-corrected chi connectivity index (χ2v) is 5.71. The molecular weight excluding hydrogens is 266 g/mol. The lowest BCUT2D eigenvalue weighted by molar-refractivity contribution is 0.0556. The third-order valence-electron chi connectivity index (χ3n) is 4.35. The zero-order valence-electron chi connectivity index (χ0n) is 12.7. The van der Waals surface area contributed by atoms with Crippen LogP contribution >= 0.6 is 0 Å². The van der Waals surface area contributed by atoms with Gasteiger partial charge in [0.15, 0.2) is 11.3 Å². The van der Waals surface area contributed by atoms with Gasteiger partial charge in [0.1, 0.15) is 5.76 Å². The van der Waals surface area contributed by atoms with Crippen LogP contribution in [0.1, 0.15) is 25.5 Å². The van der Waals surface area contributed by atoms with E-state index in [1.54, 1.807) is 7.11 Å². The summed E-state index contributed by atoms with van der Waals surface area (Å²) in [6.07, 6.45) is 2.28. The number of methoxy groups -OCH3 is 1.